The van der Waals surface area contributed by atoms with Gasteiger partial charge in [0.1, 0.15) is 0 Å². The van der Waals surface area contributed by atoms with E-state index in [4.69, 9.17) is 0 Å². The van der Waals surface area contributed by atoms with Crippen LogP contribution in [0.1, 0.15) is 26.2 Å². The lowest BCUT2D eigenvalue weighted by atomic mass is 10.1. The van der Waals surface area contributed by atoms with Gasteiger partial charge in [-0.2, -0.15) is 0 Å². The van der Waals surface area contributed by atoms with Crippen LogP contribution in [0.5, 0.6) is 0 Å². The van der Waals surface area contributed by atoms with Gasteiger partial charge in [-0.1, -0.05) is 29.9 Å². The van der Waals surface area contributed by atoms with Crippen LogP contribution in [-0.4, -0.2) is 0 Å². The van der Waals surface area contributed by atoms with Crippen LogP contribution >= 0.6 is 0 Å². The monoisotopic (exact) mass is 148 g/mol. The molecule has 1 aliphatic rings. The molecule has 0 heterocycles. The molecule has 1 atom stereocenters. The van der Waals surface area contributed by atoms with E-state index in [9.17, 15) is 0 Å². The van der Waals surface area contributed by atoms with Crippen LogP contribution in [0.2, 0.25) is 0 Å². The molecule has 0 aromatic carbocycles. The molecule has 1 saturated carbocycles. The molecule has 0 spiro atoms. The van der Waals surface area contributed by atoms with E-state index < -0.39 is 0 Å². The van der Waals surface area contributed by atoms with Crippen LogP contribution in [0.4, 0.5) is 0 Å². The molecule has 1 fully saturated rings. The maximum absolute atomic E-state index is 3.96. The molecule has 0 heteroatoms. The number of rotatable bonds is 4. The first kappa shape index (κ1) is 8.32. The number of hydrogen-bond acceptors (Lipinski definition) is 0. The van der Waals surface area contributed by atoms with Gasteiger partial charge in [0.15, 0.2) is 0 Å². The molecule has 1 aliphatic carbocycles. The summed E-state index contributed by atoms with van der Waals surface area (Å²) in [5.74, 6) is 0.722. The van der Waals surface area contributed by atoms with E-state index in [1.807, 2.05) is 6.08 Å². The Labute approximate surface area is 69.3 Å². The fourth-order valence-corrected chi connectivity index (χ4v) is 1.39. The summed E-state index contributed by atoms with van der Waals surface area (Å²) in [4.78, 5) is 0. The van der Waals surface area contributed by atoms with Crippen molar-refractivity contribution in [3.63, 3.8) is 0 Å². The average Bonchev–Trinajstić information content (AvgIpc) is 2.69. The molecule has 1 rings (SSSR count). The highest BCUT2D eigenvalue weighted by molar-refractivity contribution is 5.32. The Morgan fingerprint density at radius 1 is 1.73 bits per heavy atom. The van der Waals surface area contributed by atoms with Crippen LogP contribution in [0.3, 0.4) is 0 Å². The lowest BCUT2D eigenvalue weighted by molar-refractivity contribution is 0.875. The van der Waals surface area contributed by atoms with Crippen LogP contribution in [-0.2, 0) is 0 Å². The molecule has 0 aromatic rings. The third-order valence-electron chi connectivity index (χ3n) is 2.25. The molecule has 0 aromatic heterocycles. The molecular weight excluding hydrogens is 132 g/mol. The minimum atomic E-state index is 0.722. The summed E-state index contributed by atoms with van der Waals surface area (Å²) < 4.78 is 0. The SMILES string of the molecule is C=CCCC(=CC)C1CC1=C. The predicted molar refractivity (Wildman–Crippen MR) is 50.4 cm³/mol. The van der Waals surface area contributed by atoms with Gasteiger partial charge in [-0.15, -0.1) is 6.58 Å². The second-order valence-electron chi connectivity index (χ2n) is 3.11. The zero-order valence-electron chi connectivity index (χ0n) is 7.27. The van der Waals surface area contributed by atoms with Crippen molar-refractivity contribution >= 4 is 0 Å². The van der Waals surface area contributed by atoms with Gasteiger partial charge in [0.25, 0.3) is 0 Å². The second-order valence-corrected chi connectivity index (χ2v) is 3.11. The van der Waals surface area contributed by atoms with Gasteiger partial charge >= 0.3 is 0 Å². The zero-order chi connectivity index (χ0) is 8.27. The molecule has 0 nitrogen and oxygen atoms in total. The largest absolute Gasteiger partial charge is 0.103 e. The Balaban J connectivity index is 2.38. The highest BCUT2D eigenvalue weighted by Crippen LogP contribution is 2.43. The Hall–Kier alpha value is -0.780. The smallest absolute Gasteiger partial charge is 0.00419 e. The number of hydrogen-bond donors (Lipinski definition) is 0. The van der Waals surface area contributed by atoms with Crippen molar-refractivity contribution in [1.29, 1.82) is 0 Å². The summed E-state index contributed by atoms with van der Waals surface area (Å²) in [6.45, 7) is 9.79. The van der Waals surface area contributed by atoms with E-state index in [1.54, 1.807) is 5.57 Å². The van der Waals surface area contributed by atoms with Crippen molar-refractivity contribution in [2.45, 2.75) is 26.2 Å². The van der Waals surface area contributed by atoms with Crippen LogP contribution in [0, 0.1) is 5.92 Å². The maximum atomic E-state index is 3.96. The van der Waals surface area contributed by atoms with Gasteiger partial charge in [0.05, 0.1) is 0 Å². The third-order valence-corrected chi connectivity index (χ3v) is 2.25. The first-order chi connectivity index (χ1) is 5.29. The maximum Gasteiger partial charge on any atom is 0.00419 e. The summed E-state index contributed by atoms with van der Waals surface area (Å²) in [6, 6.07) is 0. The minimum Gasteiger partial charge on any atom is -0.103 e. The minimum absolute atomic E-state index is 0.722. The van der Waals surface area contributed by atoms with Crippen molar-refractivity contribution in [2.24, 2.45) is 5.92 Å². The fourth-order valence-electron chi connectivity index (χ4n) is 1.39. The summed E-state index contributed by atoms with van der Waals surface area (Å²) in [6.07, 6.45) is 7.70. The Bertz CT molecular complexity index is 196. The van der Waals surface area contributed by atoms with E-state index >= 15 is 0 Å². The first-order valence-corrected chi connectivity index (χ1v) is 4.23. The van der Waals surface area contributed by atoms with E-state index in [0.717, 1.165) is 12.3 Å². The van der Waals surface area contributed by atoms with Gasteiger partial charge < -0.3 is 0 Å². The Kier molecular flexibility index (Phi) is 2.70. The molecule has 0 saturated heterocycles. The zero-order valence-corrected chi connectivity index (χ0v) is 7.27. The van der Waals surface area contributed by atoms with Crippen LogP contribution < -0.4 is 0 Å². The van der Waals surface area contributed by atoms with Gasteiger partial charge in [-0.3, -0.25) is 0 Å². The Morgan fingerprint density at radius 2 is 2.36 bits per heavy atom. The predicted octanol–water partition coefficient (Wildman–Crippen LogP) is 3.48. The van der Waals surface area contributed by atoms with Crippen molar-refractivity contribution in [3.05, 3.63) is 36.5 Å². The van der Waals surface area contributed by atoms with Crippen molar-refractivity contribution in [1.82, 2.24) is 0 Å². The van der Waals surface area contributed by atoms with Gasteiger partial charge in [-0.25, -0.2) is 0 Å². The van der Waals surface area contributed by atoms with Gasteiger partial charge in [0, 0.05) is 5.92 Å². The highest BCUT2D eigenvalue weighted by Gasteiger charge is 2.29. The van der Waals surface area contributed by atoms with E-state index in [0.29, 0.717) is 0 Å². The van der Waals surface area contributed by atoms with Crippen molar-refractivity contribution in [3.8, 4) is 0 Å². The molecule has 0 radical (unpaired) electrons. The summed E-state index contributed by atoms with van der Waals surface area (Å²) in [5.41, 5.74) is 2.96. The molecule has 60 valence electrons. The molecule has 0 N–H and O–H groups in total. The van der Waals surface area contributed by atoms with Crippen molar-refractivity contribution in [2.75, 3.05) is 0 Å². The standard InChI is InChI=1S/C11H16/c1-4-6-7-10(5-2)11-8-9(11)3/h4-5,11H,1,3,6-8H2,2H3. The van der Waals surface area contributed by atoms with E-state index in [2.05, 4.69) is 26.2 Å². The first-order valence-electron chi connectivity index (χ1n) is 4.23. The molecule has 1 unspecified atom stereocenters. The second kappa shape index (κ2) is 3.56. The highest BCUT2D eigenvalue weighted by atomic mass is 14.3. The van der Waals surface area contributed by atoms with Crippen molar-refractivity contribution < 1.29 is 0 Å². The molecular formula is C11H16. The lowest BCUT2D eigenvalue weighted by Gasteiger charge is -2.00. The van der Waals surface area contributed by atoms with E-state index in [-0.39, 0.29) is 0 Å². The van der Waals surface area contributed by atoms with Gasteiger partial charge in [-0.05, 0) is 26.2 Å². The topological polar surface area (TPSA) is 0 Å². The molecule has 0 bridgehead atoms. The lowest BCUT2D eigenvalue weighted by Crippen LogP contribution is -1.84. The third kappa shape index (κ3) is 2.07. The fraction of sp³-hybridized carbons (Fsp3) is 0.455. The Morgan fingerprint density at radius 3 is 2.73 bits per heavy atom. The van der Waals surface area contributed by atoms with Crippen LogP contribution in [0.15, 0.2) is 36.5 Å². The summed E-state index contributed by atoms with van der Waals surface area (Å²) in [7, 11) is 0. The van der Waals surface area contributed by atoms with Crippen LogP contribution in [0.25, 0.3) is 0 Å². The normalized spacial score (nSPS) is 23.5. The summed E-state index contributed by atoms with van der Waals surface area (Å²) in [5, 5.41) is 0. The molecule has 0 aliphatic heterocycles. The quantitative estimate of drug-likeness (QED) is 0.535. The summed E-state index contributed by atoms with van der Waals surface area (Å²) >= 11 is 0. The molecule has 0 amide bonds. The average molecular weight is 148 g/mol. The molecule has 11 heavy (non-hydrogen) atoms. The van der Waals surface area contributed by atoms with E-state index in [1.165, 1.54) is 18.4 Å². The van der Waals surface area contributed by atoms with Gasteiger partial charge in [0.2, 0.25) is 0 Å². The number of allylic oxidation sites excluding steroid dienone is 4.